The number of rotatable bonds is 6. The van der Waals surface area contributed by atoms with Crippen molar-refractivity contribution in [2.45, 2.75) is 26.4 Å². The Balaban J connectivity index is 1.88. The molecule has 0 radical (unpaired) electrons. The molecule has 20 heavy (non-hydrogen) atoms. The van der Waals surface area contributed by atoms with Crippen LogP contribution >= 0.6 is 15.9 Å². The topological polar surface area (TPSA) is 53.1 Å². The fraction of sp³-hybridized carbons (Fsp3) is 0.400. The maximum atomic E-state index is 5.91. The van der Waals surface area contributed by atoms with E-state index in [2.05, 4.69) is 28.0 Å². The van der Waals surface area contributed by atoms with Crippen molar-refractivity contribution >= 4 is 21.6 Å². The van der Waals surface area contributed by atoms with Gasteiger partial charge in [-0.1, -0.05) is 25.1 Å². The van der Waals surface area contributed by atoms with E-state index in [1.807, 2.05) is 36.0 Å². The van der Waals surface area contributed by atoms with Gasteiger partial charge in [-0.2, -0.15) is 5.10 Å². The van der Waals surface area contributed by atoms with Crippen molar-refractivity contribution in [2.24, 2.45) is 7.05 Å². The van der Waals surface area contributed by atoms with Gasteiger partial charge in [-0.3, -0.25) is 4.68 Å². The minimum absolute atomic E-state index is 0.552. The molecule has 108 valence electrons. The summed E-state index contributed by atoms with van der Waals surface area (Å²) in [6, 6.07) is 7.89. The number of nitrogens with two attached hydrogens (primary N) is 1. The SMILES string of the molecule is CCc1nn(C)c(COCCc2ccccc2N)c1Br. The van der Waals surface area contributed by atoms with Gasteiger partial charge in [-0.25, -0.2) is 0 Å². The predicted octanol–water partition coefficient (Wildman–Crippen LogP) is 3.09. The normalized spacial score (nSPS) is 10.9. The van der Waals surface area contributed by atoms with Crippen LogP contribution in [0.25, 0.3) is 0 Å². The van der Waals surface area contributed by atoms with E-state index in [0.29, 0.717) is 13.2 Å². The highest BCUT2D eigenvalue weighted by Crippen LogP contribution is 2.22. The van der Waals surface area contributed by atoms with E-state index >= 15 is 0 Å². The maximum absolute atomic E-state index is 5.91. The Morgan fingerprint density at radius 2 is 2.10 bits per heavy atom. The molecule has 0 saturated carbocycles. The molecule has 0 aliphatic carbocycles. The Morgan fingerprint density at radius 1 is 1.35 bits per heavy atom. The summed E-state index contributed by atoms with van der Waals surface area (Å²) in [5.74, 6) is 0. The highest BCUT2D eigenvalue weighted by atomic mass is 79.9. The number of aromatic nitrogens is 2. The summed E-state index contributed by atoms with van der Waals surface area (Å²) in [5, 5.41) is 4.45. The van der Waals surface area contributed by atoms with Crippen LogP contribution in [0.5, 0.6) is 0 Å². The number of ether oxygens (including phenoxy) is 1. The summed E-state index contributed by atoms with van der Waals surface area (Å²) in [5.41, 5.74) is 10.0. The summed E-state index contributed by atoms with van der Waals surface area (Å²) in [4.78, 5) is 0. The lowest BCUT2D eigenvalue weighted by Crippen LogP contribution is -2.05. The number of hydrogen-bond acceptors (Lipinski definition) is 3. The van der Waals surface area contributed by atoms with Gasteiger partial charge in [0.2, 0.25) is 0 Å². The van der Waals surface area contributed by atoms with E-state index in [1.165, 1.54) is 0 Å². The fourth-order valence-electron chi connectivity index (χ4n) is 2.09. The van der Waals surface area contributed by atoms with Gasteiger partial charge in [-0.05, 0) is 40.4 Å². The molecule has 0 aliphatic rings. The predicted molar refractivity (Wildman–Crippen MR) is 84.5 cm³/mol. The molecular weight excluding hydrogens is 318 g/mol. The molecule has 1 aromatic heterocycles. The maximum Gasteiger partial charge on any atom is 0.0896 e. The van der Waals surface area contributed by atoms with Gasteiger partial charge in [0, 0.05) is 12.7 Å². The molecule has 1 heterocycles. The molecule has 4 nitrogen and oxygen atoms in total. The summed E-state index contributed by atoms with van der Waals surface area (Å²) < 4.78 is 8.68. The van der Waals surface area contributed by atoms with Crippen molar-refractivity contribution in [3.63, 3.8) is 0 Å². The minimum atomic E-state index is 0.552. The molecule has 0 aliphatic heterocycles. The van der Waals surface area contributed by atoms with Crippen LogP contribution in [0.3, 0.4) is 0 Å². The van der Waals surface area contributed by atoms with Crippen LogP contribution in [-0.2, 0) is 31.2 Å². The van der Waals surface area contributed by atoms with Gasteiger partial charge in [0.05, 0.1) is 29.1 Å². The van der Waals surface area contributed by atoms with E-state index in [1.54, 1.807) is 0 Å². The monoisotopic (exact) mass is 337 g/mol. The number of nitrogen functional groups attached to an aromatic ring is 1. The highest BCUT2D eigenvalue weighted by molar-refractivity contribution is 9.10. The van der Waals surface area contributed by atoms with E-state index in [0.717, 1.165) is 40.0 Å². The lowest BCUT2D eigenvalue weighted by molar-refractivity contribution is 0.118. The second-order valence-electron chi connectivity index (χ2n) is 4.69. The first-order chi connectivity index (χ1) is 9.63. The van der Waals surface area contributed by atoms with Crippen LogP contribution in [0, 0.1) is 0 Å². The molecular formula is C15H20BrN3O. The molecule has 2 aromatic rings. The largest absolute Gasteiger partial charge is 0.399 e. The smallest absolute Gasteiger partial charge is 0.0896 e. The van der Waals surface area contributed by atoms with Crippen molar-refractivity contribution in [3.05, 3.63) is 45.7 Å². The van der Waals surface area contributed by atoms with Gasteiger partial charge in [0.1, 0.15) is 0 Å². The molecule has 0 fully saturated rings. The van der Waals surface area contributed by atoms with Crippen LogP contribution in [0.15, 0.2) is 28.7 Å². The Hall–Kier alpha value is -1.33. The highest BCUT2D eigenvalue weighted by Gasteiger charge is 2.12. The Kier molecular flexibility index (Phi) is 5.20. The standard InChI is InChI=1S/C15H20BrN3O/c1-3-13-15(16)14(19(2)18-13)10-20-9-8-11-6-4-5-7-12(11)17/h4-7H,3,8-10,17H2,1-2H3. The quantitative estimate of drug-likeness (QED) is 0.650. The third-order valence-electron chi connectivity index (χ3n) is 3.31. The Morgan fingerprint density at radius 3 is 2.75 bits per heavy atom. The molecule has 0 spiro atoms. The second-order valence-corrected chi connectivity index (χ2v) is 5.48. The van der Waals surface area contributed by atoms with Crippen molar-refractivity contribution in [2.75, 3.05) is 12.3 Å². The second kappa shape index (κ2) is 6.90. The summed E-state index contributed by atoms with van der Waals surface area (Å²) in [7, 11) is 1.94. The van der Waals surface area contributed by atoms with Gasteiger partial charge in [-0.15, -0.1) is 0 Å². The average molecular weight is 338 g/mol. The first-order valence-corrected chi connectivity index (χ1v) is 7.54. The number of nitrogens with zero attached hydrogens (tertiary/aromatic N) is 2. The third-order valence-corrected chi connectivity index (χ3v) is 4.23. The van der Waals surface area contributed by atoms with Crippen molar-refractivity contribution < 1.29 is 4.74 Å². The van der Waals surface area contributed by atoms with Crippen LogP contribution in [0.4, 0.5) is 5.69 Å². The van der Waals surface area contributed by atoms with Crippen LogP contribution < -0.4 is 5.73 Å². The van der Waals surface area contributed by atoms with Crippen LogP contribution in [0.2, 0.25) is 0 Å². The van der Waals surface area contributed by atoms with Crippen LogP contribution in [0.1, 0.15) is 23.9 Å². The molecule has 1 aromatic carbocycles. The van der Waals surface area contributed by atoms with E-state index in [4.69, 9.17) is 10.5 Å². The van der Waals surface area contributed by atoms with Gasteiger partial charge < -0.3 is 10.5 Å². The molecule has 0 atom stereocenters. The summed E-state index contributed by atoms with van der Waals surface area (Å²) >= 11 is 3.59. The molecule has 5 heteroatoms. The number of benzene rings is 1. The molecule has 0 unspecified atom stereocenters. The molecule has 2 rings (SSSR count). The lowest BCUT2D eigenvalue weighted by atomic mass is 10.1. The molecule has 0 amide bonds. The van der Waals surface area contributed by atoms with Crippen molar-refractivity contribution in [1.82, 2.24) is 9.78 Å². The molecule has 0 saturated heterocycles. The third kappa shape index (κ3) is 3.41. The van der Waals surface area contributed by atoms with E-state index < -0.39 is 0 Å². The van der Waals surface area contributed by atoms with Crippen LogP contribution in [-0.4, -0.2) is 16.4 Å². The number of hydrogen-bond donors (Lipinski definition) is 1. The number of para-hydroxylation sites is 1. The molecule has 2 N–H and O–H groups in total. The number of anilines is 1. The summed E-state index contributed by atoms with van der Waals surface area (Å²) in [6.07, 6.45) is 1.73. The molecule has 0 bridgehead atoms. The number of halogens is 1. The van der Waals surface area contributed by atoms with E-state index in [-0.39, 0.29) is 0 Å². The Bertz CT molecular complexity index is 580. The zero-order valence-corrected chi connectivity index (χ0v) is 13.5. The van der Waals surface area contributed by atoms with Crippen molar-refractivity contribution in [1.29, 1.82) is 0 Å². The minimum Gasteiger partial charge on any atom is -0.399 e. The van der Waals surface area contributed by atoms with Gasteiger partial charge in [0.15, 0.2) is 0 Å². The summed E-state index contributed by atoms with van der Waals surface area (Å²) in [6.45, 7) is 3.29. The lowest BCUT2D eigenvalue weighted by Gasteiger charge is -2.07. The van der Waals surface area contributed by atoms with Gasteiger partial charge >= 0.3 is 0 Å². The number of aryl methyl sites for hydroxylation is 2. The van der Waals surface area contributed by atoms with Gasteiger partial charge in [0.25, 0.3) is 0 Å². The zero-order valence-electron chi connectivity index (χ0n) is 11.9. The first kappa shape index (κ1) is 15.1. The van der Waals surface area contributed by atoms with E-state index in [9.17, 15) is 0 Å². The fourth-order valence-corrected chi connectivity index (χ4v) is 2.82. The van der Waals surface area contributed by atoms with Crippen molar-refractivity contribution in [3.8, 4) is 0 Å². The average Bonchev–Trinajstić information content (AvgIpc) is 2.72. The Labute approximate surface area is 128 Å². The first-order valence-electron chi connectivity index (χ1n) is 6.74. The zero-order chi connectivity index (χ0) is 14.5.